The monoisotopic (exact) mass is 580 g/mol. The van der Waals surface area contributed by atoms with E-state index in [4.69, 9.17) is 29.5 Å². The smallest absolute Gasteiger partial charge is 0.312 e. The standard InChI is InChI=1S/C31H24N4O6S/c1-38-19-14-12-18(13-15-19)35-26(31(37)41-34-35)27(36)29-25(32)24-21(20-10-7-11-23(39-2)28(20)40-3)16-22(33-30(24)42-29)17-8-5-4-6-9-17/h4-16H,1-3H3,(H2-,32,34,36,37). The van der Waals surface area contributed by atoms with Gasteiger partial charge in [-0.05, 0) is 28.9 Å². The first kappa shape index (κ1) is 26.8. The molecule has 210 valence electrons. The maximum Gasteiger partial charge on any atom is 0.312 e. The van der Waals surface area contributed by atoms with Gasteiger partial charge in [0.05, 0.1) is 38.0 Å². The van der Waals surface area contributed by atoms with Gasteiger partial charge in [0, 0.05) is 34.2 Å². The molecule has 6 rings (SSSR count). The lowest BCUT2D eigenvalue weighted by atomic mass is 9.98. The highest BCUT2D eigenvalue weighted by Crippen LogP contribution is 2.46. The van der Waals surface area contributed by atoms with Crippen molar-refractivity contribution in [2.24, 2.45) is 0 Å². The van der Waals surface area contributed by atoms with Crippen LogP contribution in [0.25, 0.3) is 38.3 Å². The van der Waals surface area contributed by atoms with Crippen molar-refractivity contribution in [1.82, 2.24) is 10.3 Å². The van der Waals surface area contributed by atoms with Crippen LogP contribution in [0.15, 0.2) is 83.4 Å². The van der Waals surface area contributed by atoms with Gasteiger partial charge in [-0.1, -0.05) is 42.5 Å². The van der Waals surface area contributed by atoms with Gasteiger partial charge in [-0.25, -0.2) is 4.98 Å². The van der Waals surface area contributed by atoms with Crippen molar-refractivity contribution >= 4 is 33.0 Å². The van der Waals surface area contributed by atoms with Gasteiger partial charge in [-0.3, -0.25) is 4.79 Å². The van der Waals surface area contributed by atoms with Gasteiger partial charge < -0.3 is 29.6 Å². The number of nitrogen functional groups attached to an aromatic ring is 1. The molecule has 0 radical (unpaired) electrons. The molecule has 2 N–H and O–H groups in total. The molecule has 0 spiro atoms. The van der Waals surface area contributed by atoms with E-state index < -0.39 is 11.7 Å². The lowest BCUT2D eigenvalue weighted by Gasteiger charge is -2.15. The number of methoxy groups -OCH3 is 3. The van der Waals surface area contributed by atoms with Crippen LogP contribution in [-0.4, -0.2) is 37.4 Å². The van der Waals surface area contributed by atoms with E-state index in [2.05, 4.69) is 5.27 Å². The zero-order chi connectivity index (χ0) is 29.4. The first-order valence-electron chi connectivity index (χ1n) is 12.7. The Morgan fingerprint density at radius 3 is 2.38 bits per heavy atom. The molecule has 0 aliphatic rings. The van der Waals surface area contributed by atoms with E-state index in [1.807, 2.05) is 48.5 Å². The van der Waals surface area contributed by atoms with Crippen LogP contribution in [0, 0.1) is 0 Å². The molecule has 0 aliphatic carbocycles. The highest BCUT2D eigenvalue weighted by molar-refractivity contribution is 7.21. The Morgan fingerprint density at radius 1 is 0.929 bits per heavy atom. The minimum atomic E-state index is -0.889. The summed E-state index contributed by atoms with van der Waals surface area (Å²) in [5.41, 5.74) is 9.98. The number of aromatic nitrogens is 3. The Hall–Kier alpha value is -5.42. The number of anilines is 1. The minimum absolute atomic E-state index is 0.133. The summed E-state index contributed by atoms with van der Waals surface area (Å²) in [6, 6.07) is 23.8. The van der Waals surface area contributed by atoms with E-state index in [0.717, 1.165) is 21.6 Å². The van der Waals surface area contributed by atoms with Gasteiger partial charge in [-0.15, -0.1) is 11.3 Å². The predicted molar refractivity (Wildman–Crippen MR) is 155 cm³/mol. The molecule has 0 atom stereocenters. The van der Waals surface area contributed by atoms with Crippen molar-refractivity contribution in [3.8, 4) is 51.3 Å². The number of hydrogen-bond acceptors (Lipinski definition) is 10. The van der Waals surface area contributed by atoms with E-state index in [1.165, 1.54) is 0 Å². The Balaban J connectivity index is 1.58. The SMILES string of the molecule is COc1ccc(-[n+]2noc([O-])c2C(=O)c2sc3nc(-c4ccccc4)cc(-c4cccc(OC)c4OC)c3c2N)cc1. The van der Waals surface area contributed by atoms with Crippen molar-refractivity contribution in [3.05, 3.63) is 89.4 Å². The van der Waals surface area contributed by atoms with E-state index in [-0.39, 0.29) is 16.3 Å². The third kappa shape index (κ3) is 4.45. The first-order chi connectivity index (χ1) is 20.4. The molecule has 10 nitrogen and oxygen atoms in total. The van der Waals surface area contributed by atoms with Crippen LogP contribution in [0.2, 0.25) is 0 Å². The zero-order valence-electron chi connectivity index (χ0n) is 22.8. The molecule has 3 heterocycles. The van der Waals surface area contributed by atoms with Crippen LogP contribution in [-0.2, 0) is 0 Å². The number of nitrogens with two attached hydrogens (primary N) is 1. The fraction of sp³-hybridized carbons (Fsp3) is 0.0968. The number of ketones is 1. The van der Waals surface area contributed by atoms with E-state index in [9.17, 15) is 9.90 Å². The Morgan fingerprint density at radius 2 is 1.69 bits per heavy atom. The normalized spacial score (nSPS) is 11.0. The summed E-state index contributed by atoms with van der Waals surface area (Å²) in [5, 5.41) is 17.1. The maximum absolute atomic E-state index is 14.0. The molecular weight excluding hydrogens is 556 g/mol. The number of hydrogen-bond donors (Lipinski definition) is 1. The molecule has 0 aliphatic heterocycles. The summed E-state index contributed by atoms with van der Waals surface area (Å²) in [6.45, 7) is 0. The number of carbonyl (C=O) groups excluding carboxylic acids is 1. The summed E-state index contributed by atoms with van der Waals surface area (Å²) in [6.07, 6.45) is 0. The first-order valence-corrected chi connectivity index (χ1v) is 13.5. The average Bonchev–Trinajstić information content (AvgIpc) is 3.59. The molecule has 0 unspecified atom stereocenters. The molecule has 6 aromatic rings. The van der Waals surface area contributed by atoms with Crippen LogP contribution < -0.4 is 29.7 Å². The van der Waals surface area contributed by atoms with Gasteiger partial charge >= 0.3 is 5.69 Å². The van der Waals surface area contributed by atoms with Crippen LogP contribution >= 0.6 is 11.3 Å². The van der Waals surface area contributed by atoms with Crippen LogP contribution in [0.4, 0.5) is 5.69 Å². The van der Waals surface area contributed by atoms with Crippen LogP contribution in [0.1, 0.15) is 15.4 Å². The molecule has 0 fully saturated rings. The minimum Gasteiger partial charge on any atom is -0.539 e. The highest BCUT2D eigenvalue weighted by atomic mass is 32.1. The second kappa shape index (κ2) is 10.9. The number of carbonyl (C=O) groups is 1. The molecule has 11 heteroatoms. The van der Waals surface area contributed by atoms with Crippen molar-refractivity contribution in [1.29, 1.82) is 0 Å². The third-order valence-corrected chi connectivity index (χ3v) is 7.91. The van der Waals surface area contributed by atoms with Crippen molar-refractivity contribution in [2.45, 2.75) is 0 Å². The topological polar surface area (TPSA) is 137 Å². The lowest BCUT2D eigenvalue weighted by molar-refractivity contribution is -0.672. The molecule has 0 saturated heterocycles. The number of rotatable bonds is 8. The average molecular weight is 581 g/mol. The van der Waals surface area contributed by atoms with Gasteiger partial charge in [-0.2, -0.15) is 0 Å². The highest BCUT2D eigenvalue weighted by Gasteiger charge is 2.33. The summed E-state index contributed by atoms with van der Waals surface area (Å²) < 4.78 is 22.6. The van der Waals surface area contributed by atoms with Gasteiger partial charge in [0.1, 0.15) is 15.5 Å². The van der Waals surface area contributed by atoms with Gasteiger partial charge in [0.15, 0.2) is 17.4 Å². The van der Waals surface area contributed by atoms with E-state index in [1.54, 1.807) is 51.7 Å². The summed E-state index contributed by atoms with van der Waals surface area (Å²) >= 11 is 1.09. The Kier molecular flexibility index (Phi) is 6.93. The molecule has 42 heavy (non-hydrogen) atoms. The fourth-order valence-corrected chi connectivity index (χ4v) is 5.86. The van der Waals surface area contributed by atoms with Crippen LogP contribution in [0.5, 0.6) is 23.2 Å². The summed E-state index contributed by atoms with van der Waals surface area (Å²) in [4.78, 5) is 19.5. The summed E-state index contributed by atoms with van der Waals surface area (Å²) in [7, 11) is 4.66. The number of para-hydroxylation sites is 1. The fourth-order valence-electron chi connectivity index (χ4n) is 4.80. The van der Waals surface area contributed by atoms with Gasteiger partial charge in [0.2, 0.25) is 5.69 Å². The molecular formula is C31H24N4O6S. The number of thiophene rings is 1. The number of pyridine rings is 1. The molecule has 0 saturated carbocycles. The van der Waals surface area contributed by atoms with Crippen LogP contribution in [0.3, 0.4) is 0 Å². The quantitative estimate of drug-likeness (QED) is 0.199. The zero-order valence-corrected chi connectivity index (χ0v) is 23.6. The van der Waals surface area contributed by atoms with E-state index >= 15 is 0 Å². The maximum atomic E-state index is 14.0. The van der Waals surface area contributed by atoms with Crippen molar-refractivity contribution < 1.29 is 33.3 Å². The number of fused-ring (bicyclic) bond motifs is 1. The Bertz CT molecular complexity index is 1930. The molecule has 0 bridgehead atoms. The van der Waals surface area contributed by atoms with E-state index in [0.29, 0.717) is 50.0 Å². The number of benzene rings is 3. The molecule has 3 aromatic carbocycles. The Labute approximate surface area is 244 Å². The molecule has 3 aromatic heterocycles. The lowest BCUT2D eigenvalue weighted by Crippen LogP contribution is -2.39. The van der Waals surface area contributed by atoms with Gasteiger partial charge in [0.25, 0.3) is 5.78 Å². The number of ether oxygens (including phenoxy) is 3. The van der Waals surface area contributed by atoms with Crippen molar-refractivity contribution in [2.75, 3.05) is 27.1 Å². The largest absolute Gasteiger partial charge is 0.539 e. The second-order valence-electron chi connectivity index (χ2n) is 9.14. The number of nitrogens with zero attached hydrogens (tertiary/aromatic N) is 3. The van der Waals surface area contributed by atoms with Crippen molar-refractivity contribution in [3.63, 3.8) is 0 Å². The molecule has 0 amide bonds. The third-order valence-electron chi connectivity index (χ3n) is 6.81. The predicted octanol–water partition coefficient (Wildman–Crippen LogP) is 4.81. The second-order valence-corrected chi connectivity index (χ2v) is 10.1. The summed E-state index contributed by atoms with van der Waals surface area (Å²) in [5.74, 6) is 0.117.